The lowest BCUT2D eigenvalue weighted by Crippen LogP contribution is -2.52. The summed E-state index contributed by atoms with van der Waals surface area (Å²) in [4.78, 5) is 14.9. The highest BCUT2D eigenvalue weighted by atomic mass is 35.5. The summed E-state index contributed by atoms with van der Waals surface area (Å²) < 4.78 is 51.8. The molecule has 31 heavy (non-hydrogen) atoms. The number of oxazole rings is 1. The summed E-state index contributed by atoms with van der Waals surface area (Å²) >= 11 is 0. The van der Waals surface area contributed by atoms with Crippen LogP contribution in [0.4, 0.5) is 13.2 Å². The number of alkyl halides is 3. The molecular formula is C22H30ClF3N2O3. The fourth-order valence-electron chi connectivity index (χ4n) is 5.15. The molecule has 174 valence electrons. The minimum atomic E-state index is -4.45. The molecule has 5 nitrogen and oxygen atoms in total. The third-order valence-corrected chi connectivity index (χ3v) is 6.94. The highest BCUT2D eigenvalue weighted by molar-refractivity contribution is 5.85. The Kier molecular flexibility index (Phi) is 7.13. The van der Waals surface area contributed by atoms with Crippen LogP contribution in [0, 0.1) is 0 Å². The molecule has 0 unspecified atom stereocenters. The van der Waals surface area contributed by atoms with Crippen LogP contribution < -0.4 is 5.76 Å². The van der Waals surface area contributed by atoms with Gasteiger partial charge in [-0.2, -0.15) is 13.2 Å². The summed E-state index contributed by atoms with van der Waals surface area (Å²) in [6.45, 7) is 6.70. The van der Waals surface area contributed by atoms with E-state index in [4.69, 9.17) is 9.15 Å². The Morgan fingerprint density at radius 3 is 2.39 bits per heavy atom. The molecule has 1 aromatic heterocycles. The van der Waals surface area contributed by atoms with Gasteiger partial charge in [0, 0.05) is 31.3 Å². The Morgan fingerprint density at radius 2 is 1.81 bits per heavy atom. The Balaban J connectivity index is 0.00000272. The van der Waals surface area contributed by atoms with Crippen LogP contribution in [0.2, 0.25) is 0 Å². The van der Waals surface area contributed by atoms with E-state index >= 15 is 0 Å². The maximum absolute atomic E-state index is 13.1. The third-order valence-electron chi connectivity index (χ3n) is 6.94. The van der Waals surface area contributed by atoms with Crippen LogP contribution in [-0.4, -0.2) is 40.8 Å². The maximum Gasteiger partial charge on any atom is 0.420 e. The fraction of sp³-hybridized carbons (Fsp3) is 0.682. The van der Waals surface area contributed by atoms with Crippen LogP contribution in [0.25, 0.3) is 11.1 Å². The normalized spacial score (nSPS) is 26.2. The first kappa shape index (κ1) is 24.1. The van der Waals surface area contributed by atoms with E-state index in [-0.39, 0.29) is 35.1 Å². The van der Waals surface area contributed by atoms with E-state index in [1.807, 2.05) is 6.92 Å². The first-order valence-electron chi connectivity index (χ1n) is 10.8. The first-order valence-corrected chi connectivity index (χ1v) is 10.8. The van der Waals surface area contributed by atoms with Gasteiger partial charge < -0.3 is 9.15 Å². The number of ether oxygens (including phenoxy) is 1. The molecule has 0 spiro atoms. The summed E-state index contributed by atoms with van der Waals surface area (Å²) in [5.41, 5.74) is -0.209. The molecule has 0 N–H and O–H groups in total. The molecule has 4 rings (SSSR count). The van der Waals surface area contributed by atoms with Gasteiger partial charge in [-0.3, -0.25) is 9.47 Å². The van der Waals surface area contributed by atoms with Gasteiger partial charge in [0.05, 0.1) is 17.2 Å². The summed E-state index contributed by atoms with van der Waals surface area (Å²) in [6, 6.07) is 3.07. The second kappa shape index (κ2) is 9.16. The van der Waals surface area contributed by atoms with E-state index in [2.05, 4.69) is 11.8 Å². The van der Waals surface area contributed by atoms with Gasteiger partial charge in [-0.25, -0.2) is 4.79 Å². The Hall–Kier alpha value is -1.51. The molecule has 0 amide bonds. The molecule has 2 fully saturated rings. The predicted molar refractivity (Wildman–Crippen MR) is 115 cm³/mol. The molecule has 1 saturated heterocycles. The van der Waals surface area contributed by atoms with Crippen LogP contribution in [0.15, 0.2) is 27.4 Å². The van der Waals surface area contributed by atoms with E-state index < -0.39 is 17.5 Å². The van der Waals surface area contributed by atoms with Crippen LogP contribution >= 0.6 is 12.4 Å². The lowest BCUT2D eigenvalue weighted by Gasteiger charge is -2.48. The van der Waals surface area contributed by atoms with Crippen LogP contribution in [-0.2, 0) is 10.9 Å². The number of piperidine rings is 1. The minimum Gasteiger partial charge on any atom is -0.408 e. The van der Waals surface area contributed by atoms with Gasteiger partial charge in [-0.05, 0) is 70.6 Å². The molecule has 2 aliphatic rings. The number of aromatic nitrogens is 1. The SMILES string of the molecule is CCOC1CCC(C)(N2CCC(n3c(=O)oc4ccc(C(F)(F)F)cc43)CC2)CC1.Cl. The van der Waals surface area contributed by atoms with E-state index in [1.165, 1.54) is 10.6 Å². The van der Waals surface area contributed by atoms with Crippen molar-refractivity contribution in [3.8, 4) is 0 Å². The number of fused-ring (bicyclic) bond motifs is 1. The van der Waals surface area contributed by atoms with Crippen molar-refractivity contribution in [2.45, 2.75) is 76.2 Å². The van der Waals surface area contributed by atoms with Crippen molar-refractivity contribution >= 4 is 23.5 Å². The van der Waals surface area contributed by atoms with Gasteiger partial charge >= 0.3 is 11.9 Å². The third kappa shape index (κ3) is 4.81. The highest BCUT2D eigenvalue weighted by Crippen LogP contribution is 2.38. The van der Waals surface area contributed by atoms with Crippen molar-refractivity contribution in [2.75, 3.05) is 19.7 Å². The van der Waals surface area contributed by atoms with E-state index in [9.17, 15) is 18.0 Å². The molecule has 0 bridgehead atoms. The largest absolute Gasteiger partial charge is 0.420 e. The van der Waals surface area contributed by atoms with E-state index in [1.54, 1.807) is 0 Å². The van der Waals surface area contributed by atoms with Crippen LogP contribution in [0.1, 0.15) is 64.0 Å². The number of rotatable bonds is 4. The quantitative estimate of drug-likeness (QED) is 0.609. The van der Waals surface area contributed by atoms with Crippen molar-refractivity contribution in [1.82, 2.24) is 9.47 Å². The van der Waals surface area contributed by atoms with Gasteiger partial charge in [0.2, 0.25) is 0 Å². The molecule has 1 saturated carbocycles. The molecule has 9 heteroatoms. The second-order valence-corrected chi connectivity index (χ2v) is 8.79. The summed E-state index contributed by atoms with van der Waals surface area (Å²) in [5, 5.41) is 0. The van der Waals surface area contributed by atoms with Gasteiger partial charge in [0.25, 0.3) is 0 Å². The van der Waals surface area contributed by atoms with Crippen molar-refractivity contribution in [3.05, 3.63) is 34.3 Å². The minimum absolute atomic E-state index is 0. The number of hydrogen-bond acceptors (Lipinski definition) is 4. The Labute approximate surface area is 185 Å². The average molecular weight is 463 g/mol. The van der Waals surface area contributed by atoms with Crippen molar-refractivity contribution in [3.63, 3.8) is 0 Å². The lowest BCUT2D eigenvalue weighted by molar-refractivity contribution is -0.137. The molecule has 0 atom stereocenters. The van der Waals surface area contributed by atoms with Gasteiger partial charge in [0.1, 0.15) is 0 Å². The first-order chi connectivity index (χ1) is 14.2. The summed E-state index contributed by atoms with van der Waals surface area (Å²) in [5.74, 6) is -0.578. The topological polar surface area (TPSA) is 47.6 Å². The fourth-order valence-corrected chi connectivity index (χ4v) is 5.15. The number of halogens is 4. The zero-order valence-corrected chi connectivity index (χ0v) is 18.7. The molecule has 2 aromatic rings. The van der Waals surface area contributed by atoms with Gasteiger partial charge in [-0.1, -0.05) is 0 Å². The van der Waals surface area contributed by atoms with Crippen molar-refractivity contribution in [1.29, 1.82) is 0 Å². The zero-order valence-electron chi connectivity index (χ0n) is 17.9. The van der Waals surface area contributed by atoms with Crippen LogP contribution in [0.3, 0.4) is 0 Å². The highest BCUT2D eigenvalue weighted by Gasteiger charge is 2.39. The Morgan fingerprint density at radius 1 is 1.16 bits per heavy atom. The van der Waals surface area contributed by atoms with Crippen molar-refractivity contribution in [2.24, 2.45) is 0 Å². The smallest absolute Gasteiger partial charge is 0.408 e. The van der Waals surface area contributed by atoms with E-state index in [0.717, 1.165) is 70.4 Å². The predicted octanol–water partition coefficient (Wildman–Crippen LogP) is 5.41. The van der Waals surface area contributed by atoms with Gasteiger partial charge in [0.15, 0.2) is 5.58 Å². The lowest BCUT2D eigenvalue weighted by atomic mass is 9.79. The Bertz CT molecular complexity index is 940. The van der Waals surface area contributed by atoms with Gasteiger partial charge in [-0.15, -0.1) is 12.4 Å². The standard InChI is InChI=1S/C22H29F3N2O3.ClH/c1-3-29-17-6-10-21(2,11-7-17)26-12-8-16(9-13-26)27-18-14-15(22(23,24)25)4-5-19(18)30-20(27)28;/h4-5,14,16-17H,3,6-13H2,1-2H3;1H. The second-order valence-electron chi connectivity index (χ2n) is 8.79. The number of hydrogen-bond donors (Lipinski definition) is 0. The molecule has 2 heterocycles. The molecule has 1 aliphatic carbocycles. The molecule has 0 radical (unpaired) electrons. The molecular weight excluding hydrogens is 433 g/mol. The molecule has 1 aliphatic heterocycles. The zero-order chi connectivity index (χ0) is 21.5. The maximum atomic E-state index is 13.1. The van der Waals surface area contributed by atoms with Crippen molar-refractivity contribution < 1.29 is 22.3 Å². The van der Waals surface area contributed by atoms with Crippen LogP contribution in [0.5, 0.6) is 0 Å². The summed E-state index contributed by atoms with van der Waals surface area (Å²) in [7, 11) is 0. The van der Waals surface area contributed by atoms with E-state index in [0.29, 0.717) is 6.10 Å². The number of benzene rings is 1. The summed E-state index contributed by atoms with van der Waals surface area (Å²) in [6.07, 6.45) is 1.58. The monoisotopic (exact) mass is 462 g/mol. The number of nitrogens with zero attached hydrogens (tertiary/aromatic N) is 2. The average Bonchev–Trinajstić information content (AvgIpc) is 3.04. The molecule has 1 aromatic carbocycles. The number of likely N-dealkylation sites (tertiary alicyclic amines) is 1.